The van der Waals surface area contributed by atoms with Crippen LogP contribution in [-0.2, 0) is 20.1 Å². The molecule has 0 unspecified atom stereocenters. The second-order valence-electron chi connectivity index (χ2n) is 8.00. The Morgan fingerprint density at radius 3 is 1.62 bits per heavy atom. The third-order valence-corrected chi connectivity index (χ3v) is 5.49. The largest absolute Gasteiger partial charge is 0.304 e. The third kappa shape index (κ3) is 6.57. The van der Waals surface area contributed by atoms with Gasteiger partial charge in [-0.25, -0.2) is 0 Å². The van der Waals surface area contributed by atoms with Crippen LogP contribution in [0.2, 0.25) is 0 Å². The van der Waals surface area contributed by atoms with Crippen LogP contribution in [0.15, 0.2) is 103 Å². The molecule has 0 amide bonds. The van der Waals surface area contributed by atoms with Gasteiger partial charge in [0.2, 0.25) is 0 Å². The topological polar surface area (TPSA) is 25.8 Å². The first-order valence-electron chi connectivity index (χ1n) is 11.0. The van der Waals surface area contributed by atoms with E-state index >= 15 is 0 Å². The van der Waals surface area contributed by atoms with Gasteiger partial charge in [-0.2, -0.15) is 0 Å². The number of hydrogen-bond acceptors (Lipinski definition) is 2. The van der Waals surface area contributed by atoms with Crippen molar-refractivity contribution >= 4 is 0 Å². The molecule has 1 radical (unpaired) electrons. The average molecular weight is 619 g/mol. The van der Waals surface area contributed by atoms with Crippen LogP contribution in [0.4, 0.5) is 0 Å². The van der Waals surface area contributed by atoms with E-state index in [0.29, 0.717) is 0 Å². The molecule has 3 aromatic carbocycles. The molecule has 2 heterocycles. The minimum absolute atomic E-state index is 0. The average Bonchev–Trinajstić information content (AvgIpc) is 2.88. The van der Waals surface area contributed by atoms with E-state index in [9.17, 15) is 0 Å². The summed E-state index contributed by atoms with van der Waals surface area (Å²) in [6, 6.07) is 36.9. The summed E-state index contributed by atoms with van der Waals surface area (Å²) in [5.41, 5.74) is 10.2. The number of hydrogen-bond donors (Lipinski definition) is 0. The molecule has 5 rings (SSSR count). The van der Waals surface area contributed by atoms with Crippen LogP contribution in [0.5, 0.6) is 0 Å². The number of rotatable bonds is 3. The van der Waals surface area contributed by atoms with Crippen molar-refractivity contribution in [3.8, 4) is 33.6 Å². The van der Waals surface area contributed by atoms with Crippen LogP contribution < -0.4 is 0 Å². The van der Waals surface area contributed by atoms with E-state index in [4.69, 9.17) is 0 Å². The molecule has 0 saturated heterocycles. The van der Waals surface area contributed by atoms with E-state index in [0.717, 1.165) is 28.1 Å². The van der Waals surface area contributed by atoms with Crippen molar-refractivity contribution in [2.24, 2.45) is 0 Å². The Morgan fingerprint density at radius 2 is 1.15 bits per heavy atom. The van der Waals surface area contributed by atoms with Crippen molar-refractivity contribution in [3.63, 3.8) is 0 Å². The summed E-state index contributed by atoms with van der Waals surface area (Å²) < 4.78 is 0. The first kappa shape index (κ1) is 25.2. The zero-order valence-corrected chi connectivity index (χ0v) is 21.9. The van der Waals surface area contributed by atoms with E-state index in [-0.39, 0.29) is 20.1 Å². The molecule has 0 N–H and O–H groups in total. The molecular formula is C31H26IrN2-2. The van der Waals surface area contributed by atoms with Gasteiger partial charge in [-0.05, 0) is 60.0 Å². The predicted octanol–water partition coefficient (Wildman–Crippen LogP) is 7.69. The summed E-state index contributed by atoms with van der Waals surface area (Å²) in [6.07, 6.45) is 3.80. The van der Waals surface area contributed by atoms with Crippen molar-refractivity contribution in [2.75, 3.05) is 0 Å². The van der Waals surface area contributed by atoms with Gasteiger partial charge in [0, 0.05) is 32.5 Å². The molecule has 0 aliphatic rings. The molecule has 0 aliphatic carbocycles. The second-order valence-corrected chi connectivity index (χ2v) is 8.00. The van der Waals surface area contributed by atoms with Gasteiger partial charge >= 0.3 is 0 Å². The second kappa shape index (κ2) is 12.2. The van der Waals surface area contributed by atoms with Crippen molar-refractivity contribution in [1.29, 1.82) is 0 Å². The molecule has 0 atom stereocenters. The molecule has 0 bridgehead atoms. The van der Waals surface area contributed by atoms with Crippen molar-refractivity contribution < 1.29 is 20.1 Å². The SMILES string of the molecule is Cc1ccc(-c2[c-]cccc2)nc1.Cc1ccc(-c2ccc(-c3[c-]cccc3)nc2)cc1C.[Ir]. The summed E-state index contributed by atoms with van der Waals surface area (Å²) >= 11 is 0. The Morgan fingerprint density at radius 1 is 0.559 bits per heavy atom. The Balaban J connectivity index is 0.000000201. The van der Waals surface area contributed by atoms with E-state index in [1.54, 1.807) is 0 Å². The van der Waals surface area contributed by atoms with Gasteiger partial charge in [-0.15, -0.1) is 71.8 Å². The molecule has 0 spiro atoms. The third-order valence-electron chi connectivity index (χ3n) is 5.49. The number of pyridine rings is 2. The number of aromatic nitrogens is 2. The van der Waals surface area contributed by atoms with Crippen LogP contribution in [0.3, 0.4) is 0 Å². The Hall–Kier alpha value is -3.39. The molecular weight excluding hydrogens is 593 g/mol. The minimum Gasteiger partial charge on any atom is -0.304 e. The first-order chi connectivity index (χ1) is 16.1. The van der Waals surface area contributed by atoms with Crippen LogP contribution in [0, 0.1) is 32.9 Å². The molecule has 0 fully saturated rings. The molecule has 2 nitrogen and oxygen atoms in total. The normalized spacial score (nSPS) is 9.97. The summed E-state index contributed by atoms with van der Waals surface area (Å²) in [7, 11) is 0. The Kier molecular flexibility index (Phi) is 9.04. The molecule has 0 saturated carbocycles. The maximum absolute atomic E-state index is 4.55. The number of aryl methyl sites for hydroxylation is 3. The van der Waals surface area contributed by atoms with E-state index in [1.165, 1.54) is 22.3 Å². The van der Waals surface area contributed by atoms with Gasteiger partial charge in [0.1, 0.15) is 0 Å². The molecule has 34 heavy (non-hydrogen) atoms. The van der Waals surface area contributed by atoms with Gasteiger partial charge < -0.3 is 9.97 Å². The van der Waals surface area contributed by atoms with Gasteiger partial charge in [0.25, 0.3) is 0 Å². The fraction of sp³-hybridized carbons (Fsp3) is 0.0968. The summed E-state index contributed by atoms with van der Waals surface area (Å²) in [5, 5.41) is 0. The fourth-order valence-electron chi connectivity index (χ4n) is 3.38. The standard InChI is InChI=1S/C19H16N.C12H10N.Ir/c1-14-8-9-17(12-15(14)2)18-10-11-19(20-13-18)16-6-4-3-5-7-16;1-10-7-8-12(13-9-10)11-5-3-2-4-6-11;/h3-6,8-13H,1-2H3;2-5,7-9H,1H3;/q2*-1;. The fourth-order valence-corrected chi connectivity index (χ4v) is 3.38. The predicted molar refractivity (Wildman–Crippen MR) is 137 cm³/mol. The van der Waals surface area contributed by atoms with Crippen molar-refractivity contribution in [3.05, 3.63) is 132 Å². The maximum Gasteiger partial charge on any atom is 0.0239 e. The van der Waals surface area contributed by atoms with Gasteiger partial charge in [0.05, 0.1) is 0 Å². The van der Waals surface area contributed by atoms with Gasteiger partial charge in [0.15, 0.2) is 0 Å². The minimum atomic E-state index is 0. The molecule has 171 valence electrons. The van der Waals surface area contributed by atoms with Crippen LogP contribution in [0.1, 0.15) is 16.7 Å². The Bertz CT molecular complexity index is 1300. The Labute approximate surface area is 216 Å². The van der Waals surface area contributed by atoms with Gasteiger partial charge in [-0.3, -0.25) is 0 Å². The maximum atomic E-state index is 4.55. The quantitative estimate of drug-likeness (QED) is 0.194. The summed E-state index contributed by atoms with van der Waals surface area (Å²) in [6.45, 7) is 6.30. The summed E-state index contributed by atoms with van der Waals surface area (Å²) in [5.74, 6) is 0. The van der Waals surface area contributed by atoms with E-state index in [2.05, 4.69) is 72.3 Å². The molecule has 5 aromatic rings. The number of benzene rings is 3. The van der Waals surface area contributed by atoms with Crippen molar-refractivity contribution in [1.82, 2.24) is 9.97 Å². The zero-order valence-electron chi connectivity index (χ0n) is 19.5. The monoisotopic (exact) mass is 619 g/mol. The first-order valence-corrected chi connectivity index (χ1v) is 11.0. The van der Waals surface area contributed by atoms with Crippen LogP contribution >= 0.6 is 0 Å². The van der Waals surface area contributed by atoms with Crippen molar-refractivity contribution in [2.45, 2.75) is 20.8 Å². The molecule has 2 aromatic heterocycles. The van der Waals surface area contributed by atoms with Crippen LogP contribution in [-0.4, -0.2) is 9.97 Å². The van der Waals surface area contributed by atoms with E-state index in [1.807, 2.05) is 73.9 Å². The molecule has 0 aliphatic heterocycles. The smallest absolute Gasteiger partial charge is 0.0239 e. The molecule has 3 heteroatoms. The number of nitrogens with zero attached hydrogens (tertiary/aromatic N) is 2. The zero-order chi connectivity index (χ0) is 23.0. The van der Waals surface area contributed by atoms with E-state index < -0.39 is 0 Å². The van der Waals surface area contributed by atoms with Crippen LogP contribution in [0.25, 0.3) is 33.6 Å². The summed E-state index contributed by atoms with van der Waals surface area (Å²) in [4.78, 5) is 8.86. The van der Waals surface area contributed by atoms with Gasteiger partial charge in [-0.1, -0.05) is 42.5 Å².